The molecule has 2 heterocycles. The van der Waals surface area contributed by atoms with Crippen molar-refractivity contribution >= 4 is 11.8 Å². The minimum Gasteiger partial charge on any atom is -0.336 e. The summed E-state index contributed by atoms with van der Waals surface area (Å²) < 4.78 is 3.61. The van der Waals surface area contributed by atoms with Gasteiger partial charge in [0.25, 0.3) is 0 Å². The van der Waals surface area contributed by atoms with Gasteiger partial charge in [-0.25, -0.2) is 9.78 Å². The molecule has 1 atom stereocenters. The van der Waals surface area contributed by atoms with Gasteiger partial charge >= 0.3 is 6.03 Å². The molecule has 0 saturated heterocycles. The highest BCUT2D eigenvalue weighted by atomic mass is 16.2. The molecular formula is C19H24N6O. The molecule has 0 aliphatic rings. The van der Waals surface area contributed by atoms with Crippen LogP contribution in [0, 0.1) is 6.92 Å². The van der Waals surface area contributed by atoms with Crippen molar-refractivity contribution in [3.63, 3.8) is 0 Å². The summed E-state index contributed by atoms with van der Waals surface area (Å²) in [5, 5.41) is 10.4. The van der Waals surface area contributed by atoms with Crippen LogP contribution in [0.3, 0.4) is 0 Å². The Morgan fingerprint density at radius 2 is 1.96 bits per heavy atom. The molecule has 0 aliphatic carbocycles. The maximum absolute atomic E-state index is 12.7. The number of urea groups is 1. The van der Waals surface area contributed by atoms with Gasteiger partial charge in [-0.1, -0.05) is 37.3 Å². The number of nitrogens with zero attached hydrogens (tertiary/aromatic N) is 4. The number of aryl methyl sites for hydroxylation is 3. The number of benzene rings is 1. The van der Waals surface area contributed by atoms with E-state index in [1.165, 1.54) is 0 Å². The molecule has 2 N–H and O–H groups in total. The molecule has 3 rings (SSSR count). The van der Waals surface area contributed by atoms with Gasteiger partial charge in [-0.05, 0) is 18.9 Å². The Morgan fingerprint density at radius 3 is 2.54 bits per heavy atom. The molecule has 136 valence electrons. The van der Waals surface area contributed by atoms with Gasteiger partial charge in [-0.3, -0.25) is 10.00 Å². The van der Waals surface area contributed by atoms with Gasteiger partial charge in [0.05, 0.1) is 5.69 Å². The van der Waals surface area contributed by atoms with Crippen LogP contribution in [0.5, 0.6) is 0 Å². The molecule has 2 amide bonds. The second-order valence-electron chi connectivity index (χ2n) is 6.24. The first-order valence-corrected chi connectivity index (χ1v) is 8.63. The standard InChI is InChI=1S/C19H24N6O/c1-5-15-13(2)17(25(4)23-15)22-19(26)21-16(14-9-7-6-8-10-14)18-20-11-12-24(18)3/h6-12,16H,5H2,1-4H3,(H2,21,22,26). The summed E-state index contributed by atoms with van der Waals surface area (Å²) in [7, 11) is 3.74. The largest absolute Gasteiger partial charge is 0.336 e. The fourth-order valence-electron chi connectivity index (χ4n) is 3.07. The van der Waals surface area contributed by atoms with Crippen LogP contribution in [0.1, 0.15) is 35.6 Å². The molecule has 7 nitrogen and oxygen atoms in total. The third kappa shape index (κ3) is 3.46. The lowest BCUT2D eigenvalue weighted by molar-refractivity contribution is 0.249. The monoisotopic (exact) mass is 352 g/mol. The van der Waals surface area contributed by atoms with E-state index in [1.807, 2.05) is 69.0 Å². The van der Waals surface area contributed by atoms with E-state index in [-0.39, 0.29) is 12.1 Å². The predicted octanol–water partition coefficient (Wildman–Crippen LogP) is 2.94. The molecule has 1 aromatic carbocycles. The zero-order valence-corrected chi connectivity index (χ0v) is 15.5. The zero-order valence-electron chi connectivity index (χ0n) is 15.5. The van der Waals surface area contributed by atoms with Gasteiger partial charge in [0.15, 0.2) is 0 Å². The van der Waals surface area contributed by atoms with Crippen molar-refractivity contribution < 1.29 is 4.79 Å². The van der Waals surface area contributed by atoms with Crippen LogP contribution in [0.2, 0.25) is 0 Å². The molecule has 0 aliphatic heterocycles. The molecule has 0 spiro atoms. The summed E-state index contributed by atoms with van der Waals surface area (Å²) in [5.41, 5.74) is 2.93. The average Bonchev–Trinajstić information content (AvgIpc) is 3.18. The predicted molar refractivity (Wildman–Crippen MR) is 101 cm³/mol. The second kappa shape index (κ2) is 7.43. The van der Waals surface area contributed by atoms with E-state index >= 15 is 0 Å². The van der Waals surface area contributed by atoms with E-state index < -0.39 is 0 Å². The summed E-state index contributed by atoms with van der Waals surface area (Å²) in [6.45, 7) is 4.01. The Morgan fingerprint density at radius 1 is 1.23 bits per heavy atom. The van der Waals surface area contributed by atoms with Crippen LogP contribution in [0.25, 0.3) is 0 Å². The van der Waals surface area contributed by atoms with Crippen molar-refractivity contribution in [3.05, 3.63) is 65.4 Å². The molecule has 2 aromatic heterocycles. The summed E-state index contributed by atoms with van der Waals surface area (Å²) >= 11 is 0. The van der Waals surface area contributed by atoms with Gasteiger partial charge < -0.3 is 9.88 Å². The van der Waals surface area contributed by atoms with Crippen molar-refractivity contribution in [1.82, 2.24) is 24.6 Å². The third-order valence-electron chi connectivity index (χ3n) is 4.47. The van der Waals surface area contributed by atoms with E-state index in [4.69, 9.17) is 0 Å². The van der Waals surface area contributed by atoms with Crippen molar-refractivity contribution in [2.75, 3.05) is 5.32 Å². The van der Waals surface area contributed by atoms with Crippen molar-refractivity contribution in [2.24, 2.45) is 14.1 Å². The van der Waals surface area contributed by atoms with E-state index in [0.29, 0.717) is 5.82 Å². The maximum atomic E-state index is 12.7. The summed E-state index contributed by atoms with van der Waals surface area (Å²) in [4.78, 5) is 17.1. The number of nitrogens with one attached hydrogen (secondary N) is 2. The minimum atomic E-state index is -0.352. The highest BCUT2D eigenvalue weighted by molar-refractivity contribution is 5.89. The SMILES string of the molecule is CCc1nn(C)c(NC(=O)NC(c2ccccc2)c2nccn2C)c1C. The lowest BCUT2D eigenvalue weighted by Crippen LogP contribution is -2.35. The number of carbonyl (C=O) groups is 1. The van der Waals surface area contributed by atoms with Crippen molar-refractivity contribution in [1.29, 1.82) is 0 Å². The Bertz CT molecular complexity index is 896. The van der Waals surface area contributed by atoms with Crippen molar-refractivity contribution in [3.8, 4) is 0 Å². The first-order valence-electron chi connectivity index (χ1n) is 8.63. The van der Waals surface area contributed by atoms with Gasteiger partial charge in [-0.15, -0.1) is 0 Å². The van der Waals surface area contributed by atoms with Gasteiger partial charge in [0.2, 0.25) is 0 Å². The summed E-state index contributed by atoms with van der Waals surface area (Å²) in [6.07, 6.45) is 4.41. The summed E-state index contributed by atoms with van der Waals surface area (Å²) in [5.74, 6) is 1.47. The van der Waals surface area contributed by atoms with E-state index in [9.17, 15) is 4.79 Å². The Balaban J connectivity index is 1.85. The van der Waals surface area contributed by atoms with Gasteiger partial charge in [0.1, 0.15) is 17.7 Å². The van der Waals surface area contributed by atoms with Crippen LogP contribution >= 0.6 is 0 Å². The molecular weight excluding hydrogens is 328 g/mol. The molecule has 0 fully saturated rings. The second-order valence-corrected chi connectivity index (χ2v) is 6.24. The number of rotatable bonds is 5. The highest BCUT2D eigenvalue weighted by Gasteiger charge is 2.22. The lowest BCUT2D eigenvalue weighted by Gasteiger charge is -2.19. The molecule has 0 saturated carbocycles. The smallest absolute Gasteiger partial charge is 0.321 e. The number of aromatic nitrogens is 4. The van der Waals surface area contributed by atoms with Crippen LogP contribution in [0.15, 0.2) is 42.7 Å². The zero-order chi connectivity index (χ0) is 18.7. The number of hydrogen-bond acceptors (Lipinski definition) is 3. The van der Waals surface area contributed by atoms with Gasteiger partial charge in [-0.2, -0.15) is 5.10 Å². The Hall–Kier alpha value is -3.09. The average molecular weight is 352 g/mol. The van der Waals surface area contributed by atoms with Crippen LogP contribution in [-0.2, 0) is 20.5 Å². The molecule has 3 aromatic rings. The minimum absolute atomic E-state index is 0.296. The fourth-order valence-corrected chi connectivity index (χ4v) is 3.07. The van der Waals surface area contributed by atoms with Gasteiger partial charge in [0, 0.05) is 32.1 Å². The lowest BCUT2D eigenvalue weighted by atomic mass is 10.1. The molecule has 0 bridgehead atoms. The molecule has 0 radical (unpaired) electrons. The van der Waals surface area contributed by atoms with Crippen LogP contribution in [-0.4, -0.2) is 25.4 Å². The van der Waals surface area contributed by atoms with Crippen molar-refractivity contribution in [2.45, 2.75) is 26.3 Å². The van der Waals surface area contributed by atoms with E-state index in [2.05, 4.69) is 20.7 Å². The Kier molecular flexibility index (Phi) is 5.06. The summed E-state index contributed by atoms with van der Waals surface area (Å²) in [6, 6.07) is 9.15. The van der Waals surface area contributed by atoms with E-state index in [1.54, 1.807) is 10.9 Å². The van der Waals surface area contributed by atoms with Crippen LogP contribution < -0.4 is 10.6 Å². The number of imidazole rings is 1. The third-order valence-corrected chi connectivity index (χ3v) is 4.47. The first kappa shape index (κ1) is 17.7. The number of hydrogen-bond donors (Lipinski definition) is 2. The topological polar surface area (TPSA) is 76.8 Å². The number of amides is 2. The fraction of sp³-hybridized carbons (Fsp3) is 0.316. The molecule has 1 unspecified atom stereocenters. The van der Waals surface area contributed by atoms with E-state index in [0.717, 1.165) is 29.1 Å². The highest BCUT2D eigenvalue weighted by Crippen LogP contribution is 2.22. The number of anilines is 1. The normalized spacial score (nSPS) is 12.0. The molecule has 7 heteroatoms. The number of carbonyl (C=O) groups excluding carboxylic acids is 1. The Labute approximate surface area is 153 Å². The quantitative estimate of drug-likeness (QED) is 0.741. The maximum Gasteiger partial charge on any atom is 0.321 e. The first-order chi connectivity index (χ1) is 12.5. The van der Waals surface area contributed by atoms with Crippen LogP contribution in [0.4, 0.5) is 10.6 Å². The molecule has 26 heavy (non-hydrogen) atoms.